The third kappa shape index (κ3) is 3.47. The number of carbonyl (C=O) groups excluding carboxylic acids is 1. The van der Waals surface area contributed by atoms with Crippen molar-refractivity contribution < 1.29 is 9.32 Å². The molecule has 2 heterocycles. The molecular weight excluding hydrogens is 306 g/mol. The molecule has 134 valence electrons. The zero-order valence-electron chi connectivity index (χ0n) is 15.0. The molecule has 2 fully saturated rings. The number of hydrogen-bond acceptors (Lipinski definition) is 6. The Labute approximate surface area is 143 Å². The van der Waals surface area contributed by atoms with Crippen molar-refractivity contribution in [2.75, 3.05) is 26.2 Å². The van der Waals surface area contributed by atoms with Crippen molar-refractivity contribution in [3.63, 3.8) is 0 Å². The van der Waals surface area contributed by atoms with Crippen LogP contribution in [0.2, 0.25) is 0 Å². The molecule has 1 aliphatic carbocycles. The molecule has 7 heteroatoms. The summed E-state index contributed by atoms with van der Waals surface area (Å²) in [5.74, 6) is 1.51. The maximum Gasteiger partial charge on any atom is 0.243 e. The quantitative estimate of drug-likeness (QED) is 0.900. The molecule has 3 rings (SSSR count). The molecule has 0 radical (unpaired) electrons. The highest BCUT2D eigenvalue weighted by Gasteiger charge is 2.40. The molecule has 24 heavy (non-hydrogen) atoms. The third-order valence-electron chi connectivity index (χ3n) is 5.63. The number of amides is 1. The van der Waals surface area contributed by atoms with Gasteiger partial charge in [0.1, 0.15) is 0 Å². The molecule has 1 aromatic heterocycles. The summed E-state index contributed by atoms with van der Waals surface area (Å²) in [5.41, 5.74) is 6.04. The number of hydrogen-bond donors (Lipinski definition) is 1. The van der Waals surface area contributed by atoms with Gasteiger partial charge < -0.3 is 15.2 Å². The van der Waals surface area contributed by atoms with Crippen LogP contribution in [-0.4, -0.2) is 57.6 Å². The average molecular weight is 335 g/mol. The SMILES string of the molecule is Cc1noc(C(C)N2CCN(C(=O)C3CCCCC3(C)N)CC2)n1. The molecule has 3 atom stereocenters. The van der Waals surface area contributed by atoms with Crippen LogP contribution < -0.4 is 5.73 Å². The van der Waals surface area contributed by atoms with Crippen LogP contribution in [0, 0.1) is 12.8 Å². The zero-order chi connectivity index (χ0) is 17.3. The van der Waals surface area contributed by atoms with Crippen LogP contribution in [0.25, 0.3) is 0 Å². The lowest BCUT2D eigenvalue weighted by atomic mass is 9.74. The van der Waals surface area contributed by atoms with Crippen molar-refractivity contribution in [1.82, 2.24) is 19.9 Å². The van der Waals surface area contributed by atoms with Gasteiger partial charge in [-0.2, -0.15) is 4.98 Å². The van der Waals surface area contributed by atoms with Gasteiger partial charge >= 0.3 is 0 Å². The first-order valence-electron chi connectivity index (χ1n) is 9.00. The van der Waals surface area contributed by atoms with E-state index in [1.54, 1.807) is 0 Å². The summed E-state index contributed by atoms with van der Waals surface area (Å²) in [4.78, 5) is 21.5. The maximum absolute atomic E-state index is 12.9. The van der Waals surface area contributed by atoms with Gasteiger partial charge in [-0.05, 0) is 33.6 Å². The lowest BCUT2D eigenvalue weighted by Gasteiger charge is -2.43. The molecule has 1 aliphatic heterocycles. The first-order chi connectivity index (χ1) is 11.4. The summed E-state index contributed by atoms with van der Waals surface area (Å²) in [6.45, 7) is 9.05. The summed E-state index contributed by atoms with van der Waals surface area (Å²) in [7, 11) is 0. The van der Waals surface area contributed by atoms with Crippen LogP contribution >= 0.6 is 0 Å². The van der Waals surface area contributed by atoms with E-state index in [0.29, 0.717) is 11.7 Å². The van der Waals surface area contributed by atoms with Gasteiger partial charge in [-0.25, -0.2) is 0 Å². The van der Waals surface area contributed by atoms with Gasteiger partial charge in [-0.15, -0.1) is 0 Å². The number of piperazine rings is 1. The molecule has 0 aromatic carbocycles. The second kappa shape index (κ2) is 6.80. The van der Waals surface area contributed by atoms with E-state index in [9.17, 15) is 4.79 Å². The van der Waals surface area contributed by atoms with Gasteiger partial charge in [0.25, 0.3) is 0 Å². The molecule has 2 aliphatic rings. The van der Waals surface area contributed by atoms with E-state index >= 15 is 0 Å². The fraction of sp³-hybridized carbons (Fsp3) is 0.824. The minimum absolute atomic E-state index is 0.0335. The molecular formula is C17H29N5O2. The number of rotatable bonds is 3. The van der Waals surface area contributed by atoms with Crippen LogP contribution in [0.3, 0.4) is 0 Å². The smallest absolute Gasteiger partial charge is 0.243 e. The van der Waals surface area contributed by atoms with E-state index in [4.69, 9.17) is 10.3 Å². The van der Waals surface area contributed by atoms with E-state index in [2.05, 4.69) is 22.0 Å². The van der Waals surface area contributed by atoms with Crippen LogP contribution in [0.1, 0.15) is 57.3 Å². The summed E-state index contributed by atoms with van der Waals surface area (Å²) in [5, 5.41) is 3.86. The Balaban J connectivity index is 1.57. The molecule has 7 nitrogen and oxygen atoms in total. The Morgan fingerprint density at radius 3 is 2.62 bits per heavy atom. The van der Waals surface area contributed by atoms with Crippen molar-refractivity contribution in [1.29, 1.82) is 0 Å². The summed E-state index contributed by atoms with van der Waals surface area (Å²) >= 11 is 0. The first kappa shape index (κ1) is 17.4. The normalized spacial score (nSPS) is 30.3. The van der Waals surface area contributed by atoms with Crippen LogP contribution in [-0.2, 0) is 4.79 Å². The number of aromatic nitrogens is 2. The highest BCUT2D eigenvalue weighted by atomic mass is 16.5. The van der Waals surface area contributed by atoms with E-state index in [-0.39, 0.29) is 23.4 Å². The van der Waals surface area contributed by atoms with Gasteiger partial charge in [0.15, 0.2) is 5.82 Å². The molecule has 1 aromatic rings. The molecule has 1 saturated heterocycles. The predicted molar refractivity (Wildman–Crippen MR) is 90.2 cm³/mol. The van der Waals surface area contributed by atoms with Crippen molar-refractivity contribution >= 4 is 5.91 Å². The van der Waals surface area contributed by atoms with Gasteiger partial charge in [-0.1, -0.05) is 18.0 Å². The molecule has 0 spiro atoms. The largest absolute Gasteiger partial charge is 0.340 e. The lowest BCUT2D eigenvalue weighted by Crippen LogP contribution is -2.57. The van der Waals surface area contributed by atoms with Crippen LogP contribution in [0.15, 0.2) is 4.52 Å². The summed E-state index contributed by atoms with van der Waals surface area (Å²) in [6, 6.07) is 0.0814. The van der Waals surface area contributed by atoms with Gasteiger partial charge in [0.05, 0.1) is 12.0 Å². The fourth-order valence-electron chi connectivity index (χ4n) is 3.95. The number of nitrogens with two attached hydrogens (primary N) is 1. The van der Waals surface area contributed by atoms with Crippen LogP contribution in [0.5, 0.6) is 0 Å². The molecule has 3 unspecified atom stereocenters. The Bertz CT molecular complexity index is 577. The van der Waals surface area contributed by atoms with Gasteiger partial charge in [-0.3, -0.25) is 9.69 Å². The average Bonchev–Trinajstić information content (AvgIpc) is 3.00. The highest BCUT2D eigenvalue weighted by Crippen LogP contribution is 2.33. The lowest BCUT2D eigenvalue weighted by molar-refractivity contribution is -0.141. The molecule has 1 amide bonds. The minimum Gasteiger partial charge on any atom is -0.340 e. The van der Waals surface area contributed by atoms with Crippen LogP contribution in [0.4, 0.5) is 0 Å². The second-order valence-corrected chi connectivity index (χ2v) is 7.52. The molecule has 2 N–H and O–H groups in total. The number of nitrogens with zero attached hydrogens (tertiary/aromatic N) is 4. The van der Waals surface area contributed by atoms with E-state index < -0.39 is 0 Å². The first-order valence-corrected chi connectivity index (χ1v) is 9.00. The second-order valence-electron chi connectivity index (χ2n) is 7.52. The van der Waals surface area contributed by atoms with Gasteiger partial charge in [0.2, 0.25) is 11.8 Å². The van der Waals surface area contributed by atoms with E-state index in [1.165, 1.54) is 0 Å². The van der Waals surface area contributed by atoms with Crippen molar-refractivity contribution in [2.45, 2.75) is 58.0 Å². The molecule has 0 bridgehead atoms. The Hall–Kier alpha value is -1.47. The van der Waals surface area contributed by atoms with E-state index in [0.717, 1.165) is 51.9 Å². The minimum atomic E-state index is -0.360. The summed E-state index contributed by atoms with van der Waals surface area (Å²) in [6.07, 6.45) is 4.10. The monoisotopic (exact) mass is 335 g/mol. The summed E-state index contributed by atoms with van der Waals surface area (Å²) < 4.78 is 5.28. The zero-order valence-corrected chi connectivity index (χ0v) is 15.0. The predicted octanol–water partition coefficient (Wildman–Crippen LogP) is 1.49. The maximum atomic E-state index is 12.9. The number of aryl methyl sites for hydroxylation is 1. The van der Waals surface area contributed by atoms with Crippen molar-refractivity contribution in [3.8, 4) is 0 Å². The third-order valence-corrected chi connectivity index (χ3v) is 5.63. The van der Waals surface area contributed by atoms with Crippen molar-refractivity contribution in [2.24, 2.45) is 11.7 Å². The van der Waals surface area contributed by atoms with E-state index in [1.807, 2.05) is 18.7 Å². The Kier molecular flexibility index (Phi) is 4.92. The van der Waals surface area contributed by atoms with Gasteiger partial charge in [0, 0.05) is 31.7 Å². The highest BCUT2D eigenvalue weighted by molar-refractivity contribution is 5.80. The molecule has 1 saturated carbocycles. The fourth-order valence-corrected chi connectivity index (χ4v) is 3.95. The standard InChI is InChI=1S/C17H29N5O2/c1-12(15-19-13(2)20-24-15)21-8-10-22(11-9-21)16(23)14-6-4-5-7-17(14,3)18/h12,14H,4-11,18H2,1-3H3. The Morgan fingerprint density at radius 2 is 2.04 bits per heavy atom. The van der Waals surface area contributed by atoms with Crippen molar-refractivity contribution in [3.05, 3.63) is 11.7 Å². The Morgan fingerprint density at radius 1 is 1.33 bits per heavy atom. The number of carbonyl (C=O) groups is 1. The topological polar surface area (TPSA) is 88.5 Å².